The zero-order valence-electron chi connectivity index (χ0n) is 13.9. The van der Waals surface area contributed by atoms with Crippen LogP contribution in [0.1, 0.15) is 24.8 Å². The monoisotopic (exact) mass is 385 g/mol. The highest BCUT2D eigenvalue weighted by atomic mass is 35.5. The number of carbonyl (C=O) groups excluding carboxylic acids is 2. The molecule has 1 aromatic rings. The van der Waals surface area contributed by atoms with Crippen molar-refractivity contribution in [2.75, 3.05) is 25.2 Å². The highest BCUT2D eigenvalue weighted by Gasteiger charge is 2.53. The van der Waals surface area contributed by atoms with E-state index in [2.05, 4.69) is 0 Å². The molecule has 25 heavy (non-hydrogen) atoms. The molecular weight excluding hydrogens is 366 g/mol. The fourth-order valence-electron chi connectivity index (χ4n) is 3.16. The molecule has 0 aromatic heterocycles. The van der Waals surface area contributed by atoms with Gasteiger partial charge in [-0.25, -0.2) is 8.42 Å². The van der Waals surface area contributed by atoms with Crippen LogP contribution in [0.5, 0.6) is 0 Å². The van der Waals surface area contributed by atoms with Crippen molar-refractivity contribution < 1.29 is 22.7 Å². The van der Waals surface area contributed by atoms with Crippen molar-refractivity contribution in [3.05, 3.63) is 34.9 Å². The standard InChI is InChI=1S/C17H20ClNO5S/c1-19(14-6-9-25(22,23)11-14)15(20)10-24-16(21)17(7-8-17)12-2-4-13(18)5-3-12/h2-5,14H,6-11H2,1H3/t14-/m0/s1. The highest BCUT2D eigenvalue weighted by molar-refractivity contribution is 7.91. The van der Waals surface area contributed by atoms with Crippen LogP contribution in [0.3, 0.4) is 0 Å². The third-order valence-electron chi connectivity index (χ3n) is 5.01. The summed E-state index contributed by atoms with van der Waals surface area (Å²) < 4.78 is 28.3. The lowest BCUT2D eigenvalue weighted by Crippen LogP contribution is -2.41. The molecule has 0 N–H and O–H groups in total. The molecule has 1 aromatic carbocycles. The maximum absolute atomic E-state index is 12.4. The summed E-state index contributed by atoms with van der Waals surface area (Å²) in [5, 5.41) is 0.594. The molecular formula is C17H20ClNO5S. The second kappa shape index (κ2) is 6.61. The molecule has 8 heteroatoms. The Labute approximate surface area is 152 Å². The smallest absolute Gasteiger partial charge is 0.317 e. The molecule has 6 nitrogen and oxygen atoms in total. The number of likely N-dealkylation sites (N-methyl/N-ethyl adjacent to an activating group) is 1. The number of sulfone groups is 1. The van der Waals surface area contributed by atoms with Crippen molar-refractivity contribution in [3.63, 3.8) is 0 Å². The summed E-state index contributed by atoms with van der Waals surface area (Å²) in [5.74, 6) is -0.745. The minimum absolute atomic E-state index is 0.0299. The first-order valence-electron chi connectivity index (χ1n) is 8.13. The number of amides is 1. The van der Waals surface area contributed by atoms with E-state index in [-0.39, 0.29) is 30.1 Å². The molecule has 0 spiro atoms. The number of esters is 1. The molecule has 1 atom stereocenters. The second-order valence-corrected chi connectivity index (χ2v) is 9.39. The molecule has 2 aliphatic rings. The summed E-state index contributed by atoms with van der Waals surface area (Å²) in [6, 6.07) is 6.71. The van der Waals surface area contributed by atoms with Gasteiger partial charge in [0.15, 0.2) is 16.4 Å². The first-order chi connectivity index (χ1) is 11.7. The van der Waals surface area contributed by atoms with E-state index in [1.807, 2.05) is 0 Å². The van der Waals surface area contributed by atoms with Gasteiger partial charge in [-0.15, -0.1) is 0 Å². The summed E-state index contributed by atoms with van der Waals surface area (Å²) >= 11 is 5.87. The Kier molecular flexibility index (Phi) is 4.81. The van der Waals surface area contributed by atoms with Crippen LogP contribution >= 0.6 is 11.6 Å². The van der Waals surface area contributed by atoms with Crippen molar-refractivity contribution in [2.45, 2.75) is 30.7 Å². The van der Waals surface area contributed by atoms with Crippen molar-refractivity contribution in [1.82, 2.24) is 4.90 Å². The lowest BCUT2D eigenvalue weighted by Gasteiger charge is -2.23. The first-order valence-corrected chi connectivity index (χ1v) is 10.3. The predicted octanol–water partition coefficient (Wildman–Crippen LogP) is 1.56. The topological polar surface area (TPSA) is 80.8 Å². The number of benzene rings is 1. The van der Waals surface area contributed by atoms with E-state index >= 15 is 0 Å². The van der Waals surface area contributed by atoms with Gasteiger partial charge in [0.1, 0.15) is 0 Å². The molecule has 1 saturated heterocycles. The van der Waals surface area contributed by atoms with Gasteiger partial charge in [-0.3, -0.25) is 9.59 Å². The van der Waals surface area contributed by atoms with Gasteiger partial charge in [-0.1, -0.05) is 23.7 Å². The van der Waals surface area contributed by atoms with Crippen LogP contribution in [0.25, 0.3) is 0 Å². The highest BCUT2D eigenvalue weighted by Crippen LogP contribution is 2.49. The molecule has 1 aliphatic carbocycles. The third kappa shape index (κ3) is 3.82. The normalized spacial score (nSPS) is 23.0. The quantitative estimate of drug-likeness (QED) is 0.718. The van der Waals surface area contributed by atoms with Crippen LogP contribution in [-0.2, 0) is 29.6 Å². The summed E-state index contributed by atoms with van der Waals surface area (Å²) in [7, 11) is -1.52. The number of ether oxygens (including phenoxy) is 1. The van der Waals surface area contributed by atoms with E-state index in [0.717, 1.165) is 5.56 Å². The Hall–Kier alpha value is -1.60. The SMILES string of the molecule is CN(C(=O)COC(=O)C1(c2ccc(Cl)cc2)CC1)[C@H]1CCS(=O)(=O)C1. The number of carbonyl (C=O) groups is 2. The van der Waals surface area contributed by atoms with Gasteiger partial charge in [0, 0.05) is 18.1 Å². The van der Waals surface area contributed by atoms with Crippen molar-refractivity contribution in [1.29, 1.82) is 0 Å². The van der Waals surface area contributed by atoms with Crippen molar-refractivity contribution in [3.8, 4) is 0 Å². The minimum Gasteiger partial charge on any atom is -0.455 e. The molecule has 1 saturated carbocycles. The van der Waals surface area contributed by atoms with Crippen molar-refractivity contribution in [2.24, 2.45) is 0 Å². The molecule has 0 unspecified atom stereocenters. The molecule has 2 fully saturated rings. The van der Waals surface area contributed by atoms with Gasteiger partial charge in [0.25, 0.3) is 5.91 Å². The number of hydrogen-bond donors (Lipinski definition) is 0. The first kappa shape index (κ1) is 18.2. The Balaban J connectivity index is 1.57. The van der Waals surface area contributed by atoms with Crippen LogP contribution in [0.15, 0.2) is 24.3 Å². The number of rotatable bonds is 5. The molecule has 1 amide bonds. The number of hydrogen-bond acceptors (Lipinski definition) is 5. The largest absolute Gasteiger partial charge is 0.455 e. The van der Waals surface area contributed by atoms with Gasteiger partial charge in [0.05, 0.1) is 16.9 Å². The average Bonchev–Trinajstić information content (AvgIpc) is 3.30. The lowest BCUT2D eigenvalue weighted by molar-refractivity contribution is -0.154. The summed E-state index contributed by atoms with van der Waals surface area (Å²) in [5.41, 5.74) is 0.157. The Morgan fingerprint density at radius 2 is 1.92 bits per heavy atom. The van der Waals surface area contributed by atoms with E-state index in [4.69, 9.17) is 16.3 Å². The Morgan fingerprint density at radius 3 is 2.44 bits per heavy atom. The number of nitrogens with zero attached hydrogens (tertiary/aromatic N) is 1. The number of halogens is 1. The van der Waals surface area contributed by atoms with Gasteiger partial charge in [-0.2, -0.15) is 0 Å². The van der Waals surface area contributed by atoms with E-state index in [1.54, 1.807) is 31.3 Å². The summed E-state index contributed by atoms with van der Waals surface area (Å²) in [6.07, 6.45) is 1.78. The Morgan fingerprint density at radius 1 is 1.28 bits per heavy atom. The van der Waals surface area contributed by atoms with Gasteiger partial charge in [0.2, 0.25) is 0 Å². The van der Waals surface area contributed by atoms with E-state index in [9.17, 15) is 18.0 Å². The van der Waals surface area contributed by atoms with Gasteiger partial charge >= 0.3 is 5.97 Å². The fourth-order valence-corrected chi connectivity index (χ4v) is 5.06. The fraction of sp³-hybridized carbons (Fsp3) is 0.529. The van der Waals surface area contributed by atoms with E-state index in [1.165, 1.54) is 4.90 Å². The van der Waals surface area contributed by atoms with E-state index < -0.39 is 21.2 Å². The molecule has 3 rings (SSSR count). The van der Waals surface area contributed by atoms with Gasteiger partial charge < -0.3 is 9.64 Å². The van der Waals surface area contributed by atoms with Crippen LogP contribution in [0.4, 0.5) is 0 Å². The van der Waals surface area contributed by atoms with Crippen LogP contribution in [0, 0.1) is 0 Å². The van der Waals surface area contributed by atoms with Crippen LogP contribution in [0.2, 0.25) is 5.02 Å². The predicted molar refractivity (Wildman–Crippen MR) is 93.2 cm³/mol. The van der Waals surface area contributed by atoms with E-state index in [0.29, 0.717) is 24.3 Å². The Bertz CT molecular complexity index is 786. The molecule has 1 aliphatic heterocycles. The lowest BCUT2D eigenvalue weighted by atomic mass is 9.96. The maximum atomic E-state index is 12.4. The zero-order chi connectivity index (χ0) is 18.2. The third-order valence-corrected chi connectivity index (χ3v) is 7.02. The summed E-state index contributed by atoms with van der Waals surface area (Å²) in [4.78, 5) is 26.0. The molecule has 0 radical (unpaired) electrons. The van der Waals surface area contributed by atoms with Gasteiger partial charge in [-0.05, 0) is 37.0 Å². The molecule has 0 bridgehead atoms. The zero-order valence-corrected chi connectivity index (χ0v) is 15.5. The van der Waals surface area contributed by atoms with Crippen molar-refractivity contribution >= 4 is 33.3 Å². The second-order valence-electron chi connectivity index (χ2n) is 6.73. The average molecular weight is 386 g/mol. The van der Waals surface area contributed by atoms with Crippen LogP contribution < -0.4 is 0 Å². The van der Waals surface area contributed by atoms with Crippen LogP contribution in [-0.4, -0.2) is 56.4 Å². The minimum atomic E-state index is -3.07. The maximum Gasteiger partial charge on any atom is 0.317 e. The molecule has 1 heterocycles. The molecule has 136 valence electrons. The summed E-state index contributed by atoms with van der Waals surface area (Å²) in [6.45, 7) is -0.374.